The van der Waals surface area contributed by atoms with Gasteiger partial charge < -0.3 is 19.6 Å². The van der Waals surface area contributed by atoms with Crippen molar-refractivity contribution >= 4 is 17.5 Å². The maximum Gasteiger partial charge on any atom is 0.254 e. The van der Waals surface area contributed by atoms with Crippen molar-refractivity contribution in [3.63, 3.8) is 0 Å². The lowest BCUT2D eigenvalue weighted by Gasteiger charge is -2.35. The molecule has 0 saturated carbocycles. The number of aromatic hydroxyl groups is 1. The molecule has 4 aromatic rings. The second-order valence-corrected chi connectivity index (χ2v) is 10.3. The number of aromatic nitrogens is 3. The highest BCUT2D eigenvalue weighted by molar-refractivity contribution is 6.10. The van der Waals surface area contributed by atoms with Crippen LogP contribution in [0.25, 0.3) is 0 Å². The first-order chi connectivity index (χ1) is 19.0. The summed E-state index contributed by atoms with van der Waals surface area (Å²) in [6.07, 6.45) is 3.09. The second-order valence-electron chi connectivity index (χ2n) is 10.3. The van der Waals surface area contributed by atoms with Gasteiger partial charge in [0.05, 0.1) is 25.4 Å². The van der Waals surface area contributed by atoms with Gasteiger partial charge in [0.1, 0.15) is 22.6 Å². The molecule has 3 aromatic carbocycles. The molecule has 196 valence electrons. The molecular weight excluding hydrogens is 494 g/mol. The summed E-state index contributed by atoms with van der Waals surface area (Å²) >= 11 is 0. The van der Waals surface area contributed by atoms with Crippen molar-refractivity contribution in [1.29, 1.82) is 0 Å². The fourth-order valence-corrected chi connectivity index (χ4v) is 6.40. The topological polar surface area (TPSA) is 101 Å². The lowest BCUT2D eigenvalue weighted by atomic mass is 9.72. The molecule has 4 heterocycles. The first-order valence-electron chi connectivity index (χ1n) is 13.2. The Morgan fingerprint density at radius 3 is 2.79 bits per heavy atom. The zero-order valence-electron chi connectivity index (χ0n) is 21.2. The number of hydrogen-bond acceptors (Lipinski definition) is 6. The minimum Gasteiger partial charge on any atom is -0.508 e. The van der Waals surface area contributed by atoms with Crippen LogP contribution in [0.5, 0.6) is 11.5 Å². The molecule has 0 aliphatic carbocycles. The van der Waals surface area contributed by atoms with E-state index in [0.29, 0.717) is 49.7 Å². The third-order valence-corrected chi connectivity index (χ3v) is 8.06. The highest BCUT2D eigenvalue weighted by Crippen LogP contribution is 2.57. The van der Waals surface area contributed by atoms with Crippen LogP contribution in [0, 0.1) is 0 Å². The molecule has 3 aliphatic heterocycles. The zero-order valence-corrected chi connectivity index (χ0v) is 21.2. The molecule has 2 amide bonds. The van der Waals surface area contributed by atoms with Crippen molar-refractivity contribution in [3.05, 3.63) is 101 Å². The number of benzene rings is 3. The van der Waals surface area contributed by atoms with Crippen LogP contribution < -0.4 is 9.64 Å². The summed E-state index contributed by atoms with van der Waals surface area (Å²) < 4.78 is 7.88. The van der Waals surface area contributed by atoms with E-state index in [4.69, 9.17) is 4.74 Å². The third-order valence-electron chi connectivity index (χ3n) is 8.06. The molecule has 3 aliphatic rings. The number of aryl methyl sites for hydroxylation is 1. The van der Waals surface area contributed by atoms with Gasteiger partial charge in [-0.25, -0.2) is 0 Å². The zero-order chi connectivity index (χ0) is 26.6. The lowest BCUT2D eigenvalue weighted by Crippen LogP contribution is -2.45. The van der Waals surface area contributed by atoms with Crippen molar-refractivity contribution < 1.29 is 19.4 Å². The van der Waals surface area contributed by atoms with Gasteiger partial charge >= 0.3 is 0 Å². The third kappa shape index (κ3) is 3.68. The van der Waals surface area contributed by atoms with E-state index in [0.717, 1.165) is 23.2 Å². The molecule has 6 bridgehead atoms. The Morgan fingerprint density at radius 1 is 1.03 bits per heavy atom. The smallest absolute Gasteiger partial charge is 0.254 e. The number of fused-ring (bicyclic) bond motifs is 8. The Morgan fingerprint density at radius 2 is 1.90 bits per heavy atom. The molecular formula is C30H27N5O4. The van der Waals surface area contributed by atoms with Gasteiger partial charge in [0, 0.05) is 30.8 Å². The van der Waals surface area contributed by atoms with Crippen LogP contribution in [-0.2, 0) is 23.3 Å². The maximum atomic E-state index is 14.6. The Hall–Kier alpha value is -4.66. The maximum absolute atomic E-state index is 14.6. The molecule has 9 heteroatoms. The van der Waals surface area contributed by atoms with E-state index in [1.807, 2.05) is 54.7 Å². The quantitative estimate of drug-likeness (QED) is 0.409. The first-order valence-corrected chi connectivity index (χ1v) is 13.2. The predicted molar refractivity (Wildman–Crippen MR) is 142 cm³/mol. The summed E-state index contributed by atoms with van der Waals surface area (Å²) in [7, 11) is 0. The molecule has 1 N–H and O–H groups in total. The Bertz CT molecular complexity index is 1600. The summed E-state index contributed by atoms with van der Waals surface area (Å²) in [6.45, 7) is 1.82. The van der Waals surface area contributed by atoms with Gasteiger partial charge in [-0.15, -0.1) is 5.10 Å². The molecule has 9 nitrogen and oxygen atoms in total. The van der Waals surface area contributed by atoms with Crippen LogP contribution in [-0.4, -0.2) is 50.0 Å². The Balaban J connectivity index is 1.42. The fraction of sp³-hybridized carbons (Fsp3) is 0.267. The number of amides is 2. The van der Waals surface area contributed by atoms with Gasteiger partial charge in [0.25, 0.3) is 5.91 Å². The molecule has 7 rings (SSSR count). The van der Waals surface area contributed by atoms with E-state index < -0.39 is 11.5 Å². The van der Waals surface area contributed by atoms with Crippen molar-refractivity contribution in [2.75, 3.05) is 18.1 Å². The number of likely N-dealkylation sites (tertiary alicyclic amines) is 1. The van der Waals surface area contributed by atoms with Crippen molar-refractivity contribution in [3.8, 4) is 11.5 Å². The number of para-hydroxylation sites is 1. The van der Waals surface area contributed by atoms with Gasteiger partial charge in [-0.3, -0.25) is 14.3 Å². The number of nitrogens with zero attached hydrogens (tertiary/aromatic N) is 5. The molecule has 1 saturated heterocycles. The normalized spacial score (nSPS) is 21.9. The summed E-state index contributed by atoms with van der Waals surface area (Å²) in [4.78, 5) is 32.2. The van der Waals surface area contributed by atoms with Crippen LogP contribution in [0.1, 0.15) is 46.1 Å². The average Bonchev–Trinajstić information content (AvgIpc) is 3.63. The monoisotopic (exact) mass is 521 g/mol. The van der Waals surface area contributed by atoms with Crippen LogP contribution in [0.4, 0.5) is 5.69 Å². The minimum atomic E-state index is -0.988. The van der Waals surface area contributed by atoms with E-state index in [1.165, 1.54) is 12.1 Å². The van der Waals surface area contributed by atoms with Crippen molar-refractivity contribution in [2.45, 2.75) is 37.4 Å². The van der Waals surface area contributed by atoms with Gasteiger partial charge in [-0.2, -0.15) is 0 Å². The molecule has 1 fully saturated rings. The standard InChI is InChI=1S/C30H27N5O4/c36-23-8-3-7-21(16-23)28(37)34-14-12-30-25-10-1-2-11-26(25)35(29(30)38)19-22-18-33(32-31-22)13-5-15-39-24-9-4-6-20(17-24)27(30)34/h1-4,6-11,16-18,27,36H,5,12-15,19H2/t27-,30+/m0/s1. The van der Waals surface area contributed by atoms with Gasteiger partial charge in [-0.05, 0) is 53.9 Å². The fourth-order valence-electron chi connectivity index (χ4n) is 6.40. The SMILES string of the molecule is O=C(c1cccc(O)c1)N1CC[C@]23C(=O)N(Cc4cn(nn4)CCCOc4cccc(c4)[C@H]12)c1ccccc13. The van der Waals surface area contributed by atoms with Crippen LogP contribution in [0.3, 0.4) is 0 Å². The average molecular weight is 522 g/mol. The minimum absolute atomic E-state index is 0.0220. The van der Waals surface area contributed by atoms with E-state index in [2.05, 4.69) is 10.3 Å². The number of ether oxygens (including phenoxy) is 1. The van der Waals surface area contributed by atoms with Crippen LogP contribution in [0.2, 0.25) is 0 Å². The molecule has 2 atom stereocenters. The molecule has 1 aromatic heterocycles. The highest BCUT2D eigenvalue weighted by Gasteiger charge is 2.61. The van der Waals surface area contributed by atoms with E-state index in [9.17, 15) is 14.7 Å². The lowest BCUT2D eigenvalue weighted by molar-refractivity contribution is -0.124. The van der Waals surface area contributed by atoms with Crippen molar-refractivity contribution in [1.82, 2.24) is 19.9 Å². The second kappa shape index (κ2) is 8.97. The van der Waals surface area contributed by atoms with E-state index in [1.54, 1.807) is 26.6 Å². The Kier molecular flexibility index (Phi) is 5.40. The van der Waals surface area contributed by atoms with E-state index >= 15 is 0 Å². The Labute approximate surface area is 225 Å². The molecule has 0 radical (unpaired) electrons. The summed E-state index contributed by atoms with van der Waals surface area (Å²) in [5, 5.41) is 18.7. The number of phenolic OH excluding ortho intramolecular Hbond substituents is 1. The highest BCUT2D eigenvalue weighted by atomic mass is 16.5. The van der Waals surface area contributed by atoms with Crippen LogP contribution >= 0.6 is 0 Å². The number of phenols is 1. The summed E-state index contributed by atoms with van der Waals surface area (Å²) in [5.41, 5.74) is 2.65. The van der Waals surface area contributed by atoms with Gasteiger partial charge in [0.15, 0.2) is 0 Å². The summed E-state index contributed by atoms with van der Waals surface area (Å²) in [5.74, 6) is 0.414. The van der Waals surface area contributed by atoms with Crippen molar-refractivity contribution in [2.24, 2.45) is 0 Å². The number of anilines is 1. The molecule has 1 spiro atoms. The van der Waals surface area contributed by atoms with E-state index in [-0.39, 0.29) is 17.6 Å². The number of rotatable bonds is 1. The summed E-state index contributed by atoms with van der Waals surface area (Å²) in [6, 6.07) is 21.4. The molecule has 0 unspecified atom stereocenters. The first kappa shape index (κ1) is 23.5. The van der Waals surface area contributed by atoms with Crippen LogP contribution in [0.15, 0.2) is 79.0 Å². The number of hydrogen-bond donors (Lipinski definition) is 1. The largest absolute Gasteiger partial charge is 0.508 e. The number of carbonyl (C=O) groups is 2. The molecule has 39 heavy (non-hydrogen) atoms. The van der Waals surface area contributed by atoms with Gasteiger partial charge in [0.2, 0.25) is 5.91 Å². The predicted octanol–water partition coefficient (Wildman–Crippen LogP) is 3.84. The number of carbonyl (C=O) groups excluding carboxylic acids is 2. The van der Waals surface area contributed by atoms with Gasteiger partial charge in [-0.1, -0.05) is 41.6 Å².